The van der Waals surface area contributed by atoms with Gasteiger partial charge in [0.25, 0.3) is 0 Å². The molecule has 1 heterocycles. The first-order chi connectivity index (χ1) is 11.5. The Balaban J connectivity index is 2.50. The molecule has 0 aliphatic heterocycles. The second-order valence-corrected chi connectivity index (χ2v) is 4.31. The van der Waals surface area contributed by atoms with E-state index in [0.29, 0.717) is 0 Å². The van der Waals surface area contributed by atoms with E-state index in [1.807, 2.05) is 0 Å². The third-order valence-electron chi connectivity index (χ3n) is 2.92. The summed E-state index contributed by atoms with van der Waals surface area (Å²) in [6.45, 7) is 0. The topological polar surface area (TPSA) is 117 Å². The highest BCUT2D eigenvalue weighted by Crippen LogP contribution is 2.29. The van der Waals surface area contributed by atoms with Crippen LogP contribution < -0.4 is 14.2 Å². The number of carboxylic acids is 1. The maximum atomic E-state index is 11.7. The van der Waals surface area contributed by atoms with Crippen molar-refractivity contribution in [1.82, 2.24) is 9.97 Å². The zero-order valence-electron chi connectivity index (χ0n) is 13.1. The molecule has 0 aliphatic rings. The van der Waals surface area contributed by atoms with Gasteiger partial charge < -0.3 is 24.1 Å². The van der Waals surface area contributed by atoms with Gasteiger partial charge in [-0.3, -0.25) is 0 Å². The van der Waals surface area contributed by atoms with Crippen molar-refractivity contribution in [1.29, 1.82) is 0 Å². The van der Waals surface area contributed by atoms with E-state index in [0.717, 1.165) is 7.11 Å². The minimum absolute atomic E-state index is 0.124. The summed E-state index contributed by atoms with van der Waals surface area (Å²) in [4.78, 5) is 31.1. The van der Waals surface area contributed by atoms with Gasteiger partial charge >= 0.3 is 17.9 Å². The molecular weight excluding hydrogens is 320 g/mol. The summed E-state index contributed by atoms with van der Waals surface area (Å²) >= 11 is 0. The molecule has 0 aliphatic carbocycles. The normalized spacial score (nSPS) is 9.96. The predicted octanol–water partition coefficient (Wildman–Crippen LogP) is 1.77. The Kier molecular flexibility index (Phi) is 5.15. The molecule has 0 fully saturated rings. The summed E-state index contributed by atoms with van der Waals surface area (Å²) in [7, 11) is 3.94. The molecule has 1 aromatic carbocycles. The monoisotopic (exact) mass is 334 g/mol. The van der Waals surface area contributed by atoms with E-state index in [2.05, 4.69) is 14.7 Å². The summed E-state index contributed by atoms with van der Waals surface area (Å²) in [5, 5.41) is 9.39. The second kappa shape index (κ2) is 7.27. The number of nitrogens with zero attached hydrogens (tertiary/aromatic N) is 2. The lowest BCUT2D eigenvalue weighted by atomic mass is 10.1. The van der Waals surface area contributed by atoms with Gasteiger partial charge in [-0.15, -0.1) is 0 Å². The average Bonchev–Trinajstić information content (AvgIpc) is 2.60. The fraction of sp³-hybridized carbons (Fsp3) is 0.200. The third-order valence-corrected chi connectivity index (χ3v) is 2.92. The summed E-state index contributed by atoms with van der Waals surface area (Å²) in [5.41, 5.74) is -0.521. The molecule has 126 valence electrons. The second-order valence-electron chi connectivity index (χ2n) is 4.31. The molecule has 0 amide bonds. The van der Waals surface area contributed by atoms with Gasteiger partial charge in [0.15, 0.2) is 0 Å². The number of hydrogen-bond donors (Lipinski definition) is 1. The number of rotatable bonds is 6. The van der Waals surface area contributed by atoms with Crippen molar-refractivity contribution in [2.75, 3.05) is 21.3 Å². The molecule has 2 rings (SSSR count). The molecule has 2 aromatic rings. The number of aromatic nitrogens is 2. The van der Waals surface area contributed by atoms with Crippen LogP contribution in [0.15, 0.2) is 24.3 Å². The van der Waals surface area contributed by atoms with Crippen molar-refractivity contribution in [3.05, 3.63) is 35.4 Å². The Labute approximate surface area is 136 Å². The van der Waals surface area contributed by atoms with Gasteiger partial charge in [0, 0.05) is 0 Å². The van der Waals surface area contributed by atoms with Crippen LogP contribution in [0.1, 0.15) is 20.7 Å². The first kappa shape index (κ1) is 17.0. The fourth-order valence-corrected chi connectivity index (χ4v) is 1.85. The van der Waals surface area contributed by atoms with Crippen LogP contribution in [0.3, 0.4) is 0 Å². The number of carbonyl (C=O) groups excluding carboxylic acids is 1. The predicted molar refractivity (Wildman–Crippen MR) is 80.0 cm³/mol. The summed E-state index contributed by atoms with van der Waals surface area (Å²) in [5.74, 6) is -1.96. The van der Waals surface area contributed by atoms with Crippen molar-refractivity contribution in [3.63, 3.8) is 0 Å². The highest BCUT2D eigenvalue weighted by atomic mass is 16.5. The molecule has 1 aromatic heterocycles. The van der Waals surface area contributed by atoms with E-state index < -0.39 is 11.9 Å². The number of benzene rings is 1. The summed E-state index contributed by atoms with van der Waals surface area (Å²) in [6, 6.07) is 5.36. The maximum Gasteiger partial charge on any atom is 0.340 e. The molecule has 24 heavy (non-hydrogen) atoms. The third kappa shape index (κ3) is 3.51. The summed E-state index contributed by atoms with van der Waals surface area (Å²) in [6.07, 6.45) is 0. The van der Waals surface area contributed by atoms with Crippen LogP contribution in [-0.2, 0) is 4.74 Å². The van der Waals surface area contributed by atoms with Crippen LogP contribution in [0.25, 0.3) is 0 Å². The summed E-state index contributed by atoms with van der Waals surface area (Å²) < 4.78 is 20.0. The van der Waals surface area contributed by atoms with Gasteiger partial charge in [0.05, 0.1) is 33.0 Å². The number of ether oxygens (including phenoxy) is 4. The Morgan fingerprint density at radius 3 is 2.17 bits per heavy atom. The van der Waals surface area contributed by atoms with E-state index in [4.69, 9.17) is 14.2 Å². The van der Waals surface area contributed by atoms with Crippen LogP contribution in [0.2, 0.25) is 0 Å². The molecule has 0 saturated carbocycles. The maximum absolute atomic E-state index is 11.7. The van der Waals surface area contributed by atoms with Crippen LogP contribution in [0, 0.1) is 0 Å². The lowest BCUT2D eigenvalue weighted by Gasteiger charge is -2.11. The minimum atomic E-state index is -1.36. The Bertz CT molecular complexity index is 754. The van der Waals surface area contributed by atoms with Gasteiger partial charge in [0.1, 0.15) is 11.3 Å². The number of methoxy groups -OCH3 is 3. The van der Waals surface area contributed by atoms with Gasteiger partial charge in [-0.2, -0.15) is 9.97 Å². The van der Waals surface area contributed by atoms with Crippen molar-refractivity contribution in [2.24, 2.45) is 0 Å². The largest absolute Gasteiger partial charge is 0.481 e. The number of carboxylic acid groups (broad SMARTS) is 1. The van der Waals surface area contributed by atoms with Gasteiger partial charge in [-0.1, -0.05) is 6.07 Å². The van der Waals surface area contributed by atoms with Crippen molar-refractivity contribution >= 4 is 11.9 Å². The van der Waals surface area contributed by atoms with E-state index in [9.17, 15) is 14.7 Å². The molecule has 0 spiro atoms. The molecule has 0 unspecified atom stereocenters. The SMILES string of the molecule is COC(=O)c1cccc(Oc2nc(OC)cc(OC)n2)c1C(=O)O. The minimum Gasteiger partial charge on any atom is -0.481 e. The Morgan fingerprint density at radius 2 is 1.67 bits per heavy atom. The molecule has 0 atom stereocenters. The van der Waals surface area contributed by atoms with Crippen molar-refractivity contribution in [2.45, 2.75) is 0 Å². The lowest BCUT2D eigenvalue weighted by Crippen LogP contribution is -2.11. The number of esters is 1. The standard InChI is InChI=1S/C15H14N2O7/c1-21-10-7-11(22-2)17-15(16-10)24-9-6-4-5-8(14(20)23-3)12(9)13(18)19/h4-7H,1-3H3,(H,18,19). The van der Waals surface area contributed by atoms with Crippen LogP contribution >= 0.6 is 0 Å². The molecule has 0 bridgehead atoms. The van der Waals surface area contributed by atoms with Gasteiger partial charge in [0.2, 0.25) is 11.8 Å². The fourth-order valence-electron chi connectivity index (χ4n) is 1.85. The molecule has 0 radical (unpaired) electrons. The Morgan fingerprint density at radius 1 is 1.04 bits per heavy atom. The molecule has 9 heteroatoms. The van der Waals surface area contributed by atoms with E-state index in [1.165, 1.54) is 38.5 Å². The first-order valence-corrected chi connectivity index (χ1v) is 6.59. The molecule has 9 nitrogen and oxygen atoms in total. The van der Waals surface area contributed by atoms with Crippen LogP contribution in [0.4, 0.5) is 0 Å². The van der Waals surface area contributed by atoms with Crippen molar-refractivity contribution in [3.8, 4) is 23.5 Å². The average molecular weight is 334 g/mol. The molecular formula is C15H14N2O7. The number of hydrogen-bond acceptors (Lipinski definition) is 8. The van der Waals surface area contributed by atoms with Gasteiger partial charge in [-0.25, -0.2) is 9.59 Å². The number of carbonyl (C=O) groups is 2. The molecule has 1 N–H and O–H groups in total. The van der Waals surface area contributed by atoms with Gasteiger partial charge in [-0.05, 0) is 12.1 Å². The van der Waals surface area contributed by atoms with Crippen LogP contribution in [0.5, 0.6) is 23.5 Å². The Hall–Kier alpha value is -3.36. The smallest absolute Gasteiger partial charge is 0.340 e. The number of aromatic carboxylic acids is 1. The first-order valence-electron chi connectivity index (χ1n) is 6.59. The highest BCUT2D eigenvalue weighted by molar-refractivity contribution is 6.04. The lowest BCUT2D eigenvalue weighted by molar-refractivity contribution is 0.0581. The van der Waals surface area contributed by atoms with E-state index >= 15 is 0 Å². The quantitative estimate of drug-likeness (QED) is 0.788. The van der Waals surface area contributed by atoms with E-state index in [1.54, 1.807) is 0 Å². The molecule has 0 saturated heterocycles. The highest BCUT2D eigenvalue weighted by Gasteiger charge is 2.23. The zero-order chi connectivity index (χ0) is 17.7. The van der Waals surface area contributed by atoms with Crippen LogP contribution in [-0.4, -0.2) is 48.3 Å². The zero-order valence-corrected chi connectivity index (χ0v) is 13.1. The van der Waals surface area contributed by atoms with E-state index in [-0.39, 0.29) is 34.6 Å². The van der Waals surface area contributed by atoms with Crippen molar-refractivity contribution < 1.29 is 33.6 Å².